The number of carbonyl (C=O) groups excluding carboxylic acids is 1. The van der Waals surface area contributed by atoms with E-state index in [2.05, 4.69) is 34.5 Å². The minimum atomic E-state index is -0.134. The summed E-state index contributed by atoms with van der Waals surface area (Å²) in [5.41, 5.74) is 5.03. The van der Waals surface area contributed by atoms with Crippen molar-refractivity contribution >= 4 is 22.6 Å². The van der Waals surface area contributed by atoms with Gasteiger partial charge in [-0.1, -0.05) is 25.5 Å². The van der Waals surface area contributed by atoms with Crippen LogP contribution in [-0.2, 0) is 13.5 Å². The van der Waals surface area contributed by atoms with Gasteiger partial charge in [0.15, 0.2) is 5.65 Å². The molecule has 0 saturated carbocycles. The van der Waals surface area contributed by atoms with Crippen molar-refractivity contribution in [2.45, 2.75) is 33.6 Å². The highest BCUT2D eigenvalue weighted by atomic mass is 16.1. The van der Waals surface area contributed by atoms with Crippen LogP contribution in [0.15, 0.2) is 30.3 Å². The minimum Gasteiger partial charge on any atom is -0.322 e. The number of rotatable bonds is 4. The van der Waals surface area contributed by atoms with Crippen molar-refractivity contribution < 1.29 is 4.79 Å². The Kier molecular flexibility index (Phi) is 4.34. The van der Waals surface area contributed by atoms with Crippen molar-refractivity contribution in [3.63, 3.8) is 0 Å². The first kappa shape index (κ1) is 16.2. The molecule has 0 fully saturated rings. The highest BCUT2D eigenvalue weighted by Crippen LogP contribution is 2.23. The van der Waals surface area contributed by atoms with E-state index in [-0.39, 0.29) is 5.91 Å². The summed E-state index contributed by atoms with van der Waals surface area (Å²) >= 11 is 0. The van der Waals surface area contributed by atoms with E-state index < -0.39 is 0 Å². The molecule has 1 N–H and O–H groups in total. The van der Waals surface area contributed by atoms with Gasteiger partial charge in [-0.15, -0.1) is 0 Å². The summed E-state index contributed by atoms with van der Waals surface area (Å²) < 4.78 is 1.72. The summed E-state index contributed by atoms with van der Waals surface area (Å²) in [7, 11) is 1.84. The highest BCUT2D eigenvalue weighted by Gasteiger charge is 2.17. The lowest BCUT2D eigenvalue weighted by atomic mass is 10.1. The SMILES string of the molecule is CCCc1ccc(NC(=O)c2cc(C)nc3c2c(C)nn3C)cc1. The predicted molar refractivity (Wildman–Crippen MR) is 96.4 cm³/mol. The number of anilines is 1. The van der Waals surface area contributed by atoms with Crippen LogP contribution in [0.25, 0.3) is 11.0 Å². The van der Waals surface area contributed by atoms with Crippen LogP contribution >= 0.6 is 0 Å². The first-order valence-electron chi connectivity index (χ1n) is 8.21. The van der Waals surface area contributed by atoms with Crippen molar-refractivity contribution in [2.24, 2.45) is 7.05 Å². The van der Waals surface area contributed by atoms with E-state index in [9.17, 15) is 4.79 Å². The molecule has 0 radical (unpaired) electrons. The molecule has 0 aliphatic carbocycles. The van der Waals surface area contributed by atoms with Gasteiger partial charge in [0.05, 0.1) is 16.6 Å². The Morgan fingerprint density at radius 1 is 1.21 bits per heavy atom. The number of amides is 1. The standard InChI is InChI=1S/C19H22N4O/c1-5-6-14-7-9-15(10-8-14)21-19(24)16-11-12(2)20-18-17(16)13(3)22-23(18)4/h7-11H,5-6H2,1-4H3,(H,21,24). The van der Waals surface area contributed by atoms with Gasteiger partial charge in [0, 0.05) is 18.4 Å². The van der Waals surface area contributed by atoms with E-state index in [1.165, 1.54) is 5.56 Å². The maximum atomic E-state index is 12.8. The van der Waals surface area contributed by atoms with Crippen LogP contribution in [0.4, 0.5) is 5.69 Å². The lowest BCUT2D eigenvalue weighted by molar-refractivity contribution is 0.102. The van der Waals surface area contributed by atoms with Gasteiger partial charge >= 0.3 is 0 Å². The third kappa shape index (κ3) is 3.02. The van der Waals surface area contributed by atoms with Gasteiger partial charge in [-0.05, 0) is 44.0 Å². The third-order valence-corrected chi connectivity index (χ3v) is 4.09. The van der Waals surface area contributed by atoms with Gasteiger partial charge < -0.3 is 5.32 Å². The first-order chi connectivity index (χ1) is 11.5. The largest absolute Gasteiger partial charge is 0.322 e. The minimum absolute atomic E-state index is 0.134. The van der Waals surface area contributed by atoms with Crippen LogP contribution in [0.2, 0.25) is 0 Å². The summed E-state index contributed by atoms with van der Waals surface area (Å²) in [5, 5.41) is 8.18. The Morgan fingerprint density at radius 3 is 2.58 bits per heavy atom. The number of pyridine rings is 1. The van der Waals surface area contributed by atoms with Gasteiger partial charge in [0.2, 0.25) is 0 Å². The van der Waals surface area contributed by atoms with Crippen molar-refractivity contribution in [1.82, 2.24) is 14.8 Å². The summed E-state index contributed by atoms with van der Waals surface area (Å²) in [6.07, 6.45) is 2.16. The Labute approximate surface area is 141 Å². The number of hydrogen-bond donors (Lipinski definition) is 1. The van der Waals surface area contributed by atoms with Crippen LogP contribution in [0.3, 0.4) is 0 Å². The number of fused-ring (bicyclic) bond motifs is 1. The normalized spacial score (nSPS) is 11.0. The molecule has 1 amide bonds. The van der Waals surface area contributed by atoms with Crippen LogP contribution in [0.1, 0.15) is 40.7 Å². The number of benzene rings is 1. The van der Waals surface area contributed by atoms with Crippen LogP contribution < -0.4 is 5.32 Å². The zero-order chi connectivity index (χ0) is 17.3. The van der Waals surface area contributed by atoms with Crippen LogP contribution in [0, 0.1) is 13.8 Å². The lowest BCUT2D eigenvalue weighted by Gasteiger charge is -2.08. The summed E-state index contributed by atoms with van der Waals surface area (Å²) in [4.78, 5) is 17.3. The summed E-state index contributed by atoms with van der Waals surface area (Å²) in [6.45, 7) is 5.94. The van der Waals surface area contributed by atoms with Gasteiger partial charge in [0.1, 0.15) is 0 Å². The average Bonchev–Trinajstić information content (AvgIpc) is 2.83. The molecular weight excluding hydrogens is 300 g/mol. The molecule has 0 atom stereocenters. The van der Waals surface area contributed by atoms with E-state index in [1.54, 1.807) is 4.68 Å². The average molecular weight is 322 g/mol. The van der Waals surface area contributed by atoms with E-state index >= 15 is 0 Å². The summed E-state index contributed by atoms with van der Waals surface area (Å²) in [5.74, 6) is -0.134. The molecule has 2 heterocycles. The molecule has 0 saturated heterocycles. The predicted octanol–water partition coefficient (Wildman–Crippen LogP) is 3.79. The van der Waals surface area contributed by atoms with Gasteiger partial charge in [0.25, 0.3) is 5.91 Å². The molecule has 0 bridgehead atoms. The molecule has 0 spiro atoms. The maximum absolute atomic E-state index is 12.8. The molecule has 2 aromatic heterocycles. The fourth-order valence-corrected chi connectivity index (χ4v) is 2.99. The lowest BCUT2D eigenvalue weighted by Crippen LogP contribution is -2.13. The second-order valence-corrected chi connectivity index (χ2v) is 6.12. The maximum Gasteiger partial charge on any atom is 0.256 e. The fraction of sp³-hybridized carbons (Fsp3) is 0.316. The van der Waals surface area contributed by atoms with Crippen molar-refractivity contribution in [3.05, 3.63) is 52.8 Å². The molecule has 0 unspecified atom stereocenters. The number of aromatic nitrogens is 3. The number of nitrogens with zero attached hydrogens (tertiary/aromatic N) is 3. The first-order valence-corrected chi connectivity index (χ1v) is 8.21. The number of carbonyl (C=O) groups is 1. The smallest absolute Gasteiger partial charge is 0.256 e. The molecule has 3 rings (SSSR count). The van der Waals surface area contributed by atoms with Gasteiger partial charge in [-0.25, -0.2) is 4.98 Å². The highest BCUT2D eigenvalue weighted by molar-refractivity contribution is 6.12. The monoisotopic (exact) mass is 322 g/mol. The number of hydrogen-bond acceptors (Lipinski definition) is 3. The van der Waals surface area contributed by atoms with Crippen molar-refractivity contribution in [1.29, 1.82) is 0 Å². The summed E-state index contributed by atoms with van der Waals surface area (Å²) in [6, 6.07) is 9.83. The van der Waals surface area contributed by atoms with E-state index in [0.29, 0.717) is 5.56 Å². The molecule has 0 aliphatic heterocycles. The van der Waals surface area contributed by atoms with Crippen molar-refractivity contribution in [2.75, 3.05) is 5.32 Å². The number of nitrogens with one attached hydrogen (secondary N) is 1. The zero-order valence-corrected chi connectivity index (χ0v) is 14.6. The molecule has 3 aromatic rings. The Balaban J connectivity index is 1.94. The Bertz CT molecular complexity index is 894. The van der Waals surface area contributed by atoms with E-state index in [4.69, 9.17) is 0 Å². The molecule has 0 aliphatic rings. The molecule has 1 aromatic carbocycles. The van der Waals surface area contributed by atoms with E-state index in [0.717, 1.165) is 41.0 Å². The second-order valence-electron chi connectivity index (χ2n) is 6.12. The second kappa shape index (κ2) is 6.43. The van der Waals surface area contributed by atoms with Gasteiger partial charge in [-0.3, -0.25) is 9.48 Å². The Hall–Kier alpha value is -2.69. The molecule has 5 heteroatoms. The van der Waals surface area contributed by atoms with Crippen LogP contribution in [-0.4, -0.2) is 20.7 Å². The van der Waals surface area contributed by atoms with E-state index in [1.807, 2.05) is 39.1 Å². The molecule has 5 nitrogen and oxygen atoms in total. The topological polar surface area (TPSA) is 59.8 Å². The molecular formula is C19H22N4O. The molecule has 24 heavy (non-hydrogen) atoms. The number of aryl methyl sites for hydroxylation is 4. The van der Waals surface area contributed by atoms with Gasteiger partial charge in [-0.2, -0.15) is 5.10 Å². The fourth-order valence-electron chi connectivity index (χ4n) is 2.99. The Morgan fingerprint density at radius 2 is 1.92 bits per heavy atom. The molecule has 124 valence electrons. The quantitative estimate of drug-likeness (QED) is 0.795. The van der Waals surface area contributed by atoms with Crippen molar-refractivity contribution in [3.8, 4) is 0 Å². The third-order valence-electron chi connectivity index (χ3n) is 4.09. The zero-order valence-electron chi connectivity index (χ0n) is 14.6. The van der Waals surface area contributed by atoms with Crippen LogP contribution in [0.5, 0.6) is 0 Å².